The Kier molecular flexibility index (Phi) is 5.02. The van der Waals surface area contributed by atoms with Gasteiger partial charge in [0.05, 0.1) is 0 Å². The van der Waals surface area contributed by atoms with Crippen molar-refractivity contribution in [2.24, 2.45) is 0 Å². The van der Waals surface area contributed by atoms with Gasteiger partial charge in [0.2, 0.25) is 5.91 Å². The maximum atomic E-state index is 12.2. The molecule has 0 spiro atoms. The fourth-order valence-electron chi connectivity index (χ4n) is 1.89. The Morgan fingerprint density at radius 1 is 1.05 bits per heavy atom. The zero-order valence-corrected chi connectivity index (χ0v) is 14.0. The van der Waals surface area contributed by atoms with Crippen molar-refractivity contribution in [3.63, 3.8) is 0 Å². The number of hydrogen-bond acceptors (Lipinski definition) is 2. The van der Waals surface area contributed by atoms with Gasteiger partial charge in [0.25, 0.3) is 0 Å². The Bertz CT molecular complexity index is 638. The van der Waals surface area contributed by atoms with Crippen LogP contribution in [0.4, 0.5) is 11.4 Å². The van der Waals surface area contributed by atoms with E-state index >= 15 is 0 Å². The summed E-state index contributed by atoms with van der Waals surface area (Å²) in [4.78, 5) is 12.2. The van der Waals surface area contributed by atoms with Crippen LogP contribution in [-0.2, 0) is 4.79 Å². The average molecular weight is 347 g/mol. The highest BCUT2D eigenvalue weighted by atomic mass is 79.9. The molecule has 2 aromatic carbocycles. The monoisotopic (exact) mass is 346 g/mol. The molecule has 0 saturated heterocycles. The van der Waals surface area contributed by atoms with Gasteiger partial charge >= 0.3 is 0 Å². The number of aryl methyl sites for hydroxylation is 2. The zero-order chi connectivity index (χ0) is 15.4. The molecule has 0 bridgehead atoms. The van der Waals surface area contributed by atoms with E-state index < -0.39 is 0 Å². The number of carbonyl (C=O) groups excluding carboxylic acids is 1. The highest BCUT2D eigenvalue weighted by molar-refractivity contribution is 9.10. The number of hydrogen-bond donors (Lipinski definition) is 2. The van der Waals surface area contributed by atoms with Gasteiger partial charge in [0, 0.05) is 15.8 Å². The number of anilines is 2. The number of amides is 1. The summed E-state index contributed by atoms with van der Waals surface area (Å²) in [5.41, 5.74) is 4.06. The third-order valence-corrected chi connectivity index (χ3v) is 4.12. The number of nitrogens with one attached hydrogen (secondary N) is 2. The van der Waals surface area contributed by atoms with Crippen LogP contribution in [0, 0.1) is 13.8 Å². The van der Waals surface area contributed by atoms with Gasteiger partial charge in [-0.15, -0.1) is 0 Å². The summed E-state index contributed by atoms with van der Waals surface area (Å²) in [6.45, 7) is 5.89. The van der Waals surface area contributed by atoms with Crippen molar-refractivity contribution in [2.45, 2.75) is 26.8 Å². The lowest BCUT2D eigenvalue weighted by Crippen LogP contribution is -2.31. The summed E-state index contributed by atoms with van der Waals surface area (Å²) in [6.07, 6.45) is 0. The Labute approximate surface area is 133 Å². The molecule has 0 heterocycles. The first-order valence-corrected chi connectivity index (χ1v) is 7.65. The van der Waals surface area contributed by atoms with E-state index in [4.69, 9.17) is 0 Å². The molecule has 0 saturated carbocycles. The van der Waals surface area contributed by atoms with Crippen molar-refractivity contribution in [1.29, 1.82) is 0 Å². The van der Waals surface area contributed by atoms with E-state index in [1.807, 2.05) is 63.2 Å². The standard InChI is InChI=1S/C17H19BrN2O/c1-11-4-7-14(8-5-11)20-17(21)13(3)19-15-9-6-12(2)16(18)10-15/h4-10,13,19H,1-3H3,(H,20,21). The summed E-state index contributed by atoms with van der Waals surface area (Å²) in [6, 6.07) is 13.4. The zero-order valence-electron chi connectivity index (χ0n) is 12.4. The van der Waals surface area contributed by atoms with Crippen LogP contribution in [0.1, 0.15) is 18.1 Å². The van der Waals surface area contributed by atoms with Crippen molar-refractivity contribution < 1.29 is 4.79 Å². The van der Waals surface area contributed by atoms with E-state index in [2.05, 4.69) is 26.6 Å². The van der Waals surface area contributed by atoms with Crippen LogP contribution in [0.15, 0.2) is 46.9 Å². The second-order valence-corrected chi connectivity index (χ2v) is 6.04. The summed E-state index contributed by atoms with van der Waals surface area (Å²) in [5.74, 6) is -0.0597. The maximum Gasteiger partial charge on any atom is 0.246 e. The molecule has 2 rings (SSSR count). The maximum absolute atomic E-state index is 12.2. The van der Waals surface area contributed by atoms with Gasteiger partial charge in [-0.1, -0.05) is 39.7 Å². The summed E-state index contributed by atoms with van der Waals surface area (Å²) >= 11 is 3.49. The number of rotatable bonds is 4. The molecular weight excluding hydrogens is 328 g/mol. The second kappa shape index (κ2) is 6.76. The van der Waals surface area contributed by atoms with Crippen molar-refractivity contribution in [3.05, 3.63) is 58.1 Å². The third kappa shape index (κ3) is 4.33. The fraction of sp³-hybridized carbons (Fsp3) is 0.235. The molecule has 110 valence electrons. The van der Waals surface area contributed by atoms with Gasteiger partial charge in [-0.05, 0) is 50.6 Å². The molecule has 4 heteroatoms. The smallest absolute Gasteiger partial charge is 0.246 e. The van der Waals surface area contributed by atoms with E-state index in [1.165, 1.54) is 5.56 Å². The van der Waals surface area contributed by atoms with E-state index in [1.54, 1.807) is 0 Å². The minimum absolute atomic E-state index is 0.0597. The molecule has 2 aromatic rings. The summed E-state index contributed by atoms with van der Waals surface area (Å²) < 4.78 is 1.03. The first kappa shape index (κ1) is 15.6. The highest BCUT2D eigenvalue weighted by Crippen LogP contribution is 2.21. The van der Waals surface area contributed by atoms with Crippen molar-refractivity contribution >= 4 is 33.2 Å². The lowest BCUT2D eigenvalue weighted by molar-refractivity contribution is -0.116. The average Bonchev–Trinajstić information content (AvgIpc) is 2.45. The van der Waals surface area contributed by atoms with Crippen LogP contribution in [0.25, 0.3) is 0 Å². The lowest BCUT2D eigenvalue weighted by Gasteiger charge is -2.16. The first-order chi connectivity index (χ1) is 9.95. The second-order valence-electron chi connectivity index (χ2n) is 5.19. The SMILES string of the molecule is Cc1ccc(NC(=O)C(C)Nc2ccc(C)c(Br)c2)cc1. The van der Waals surface area contributed by atoms with Crippen LogP contribution in [-0.4, -0.2) is 11.9 Å². The van der Waals surface area contributed by atoms with Gasteiger partial charge in [-0.25, -0.2) is 0 Å². The summed E-state index contributed by atoms with van der Waals surface area (Å²) in [5, 5.41) is 6.10. The molecule has 0 aliphatic carbocycles. The van der Waals surface area contributed by atoms with Gasteiger partial charge in [0.15, 0.2) is 0 Å². The molecular formula is C17H19BrN2O. The Morgan fingerprint density at radius 2 is 1.67 bits per heavy atom. The normalized spacial score (nSPS) is 11.8. The molecule has 1 atom stereocenters. The van der Waals surface area contributed by atoms with Crippen LogP contribution < -0.4 is 10.6 Å². The van der Waals surface area contributed by atoms with Crippen molar-refractivity contribution in [3.8, 4) is 0 Å². The third-order valence-electron chi connectivity index (χ3n) is 3.27. The van der Waals surface area contributed by atoms with E-state index in [9.17, 15) is 4.79 Å². The minimum atomic E-state index is -0.319. The van der Waals surface area contributed by atoms with Crippen LogP contribution in [0.3, 0.4) is 0 Å². The van der Waals surface area contributed by atoms with Crippen LogP contribution in [0.5, 0.6) is 0 Å². The molecule has 0 fully saturated rings. The van der Waals surface area contributed by atoms with E-state index in [0.29, 0.717) is 0 Å². The molecule has 0 aliphatic rings. The highest BCUT2D eigenvalue weighted by Gasteiger charge is 2.13. The molecule has 0 radical (unpaired) electrons. The van der Waals surface area contributed by atoms with Crippen molar-refractivity contribution in [2.75, 3.05) is 10.6 Å². The Hall–Kier alpha value is -1.81. The Morgan fingerprint density at radius 3 is 2.29 bits per heavy atom. The number of halogens is 1. The van der Waals surface area contributed by atoms with Crippen LogP contribution in [0.2, 0.25) is 0 Å². The summed E-state index contributed by atoms with van der Waals surface area (Å²) in [7, 11) is 0. The van der Waals surface area contributed by atoms with Crippen LogP contribution >= 0.6 is 15.9 Å². The number of benzene rings is 2. The predicted octanol–water partition coefficient (Wildman–Crippen LogP) is 4.51. The van der Waals surface area contributed by atoms with Gasteiger partial charge in [-0.2, -0.15) is 0 Å². The molecule has 0 aliphatic heterocycles. The first-order valence-electron chi connectivity index (χ1n) is 6.86. The molecule has 21 heavy (non-hydrogen) atoms. The van der Waals surface area contributed by atoms with Gasteiger partial charge in [-0.3, -0.25) is 4.79 Å². The predicted molar refractivity (Wildman–Crippen MR) is 91.8 cm³/mol. The molecule has 0 aromatic heterocycles. The van der Waals surface area contributed by atoms with Gasteiger partial charge < -0.3 is 10.6 Å². The molecule has 3 nitrogen and oxygen atoms in total. The van der Waals surface area contributed by atoms with Gasteiger partial charge in [0.1, 0.15) is 6.04 Å². The fourth-order valence-corrected chi connectivity index (χ4v) is 2.26. The van der Waals surface area contributed by atoms with E-state index in [0.717, 1.165) is 21.4 Å². The largest absolute Gasteiger partial charge is 0.374 e. The van der Waals surface area contributed by atoms with Crippen molar-refractivity contribution in [1.82, 2.24) is 0 Å². The topological polar surface area (TPSA) is 41.1 Å². The lowest BCUT2D eigenvalue weighted by atomic mass is 10.2. The Balaban J connectivity index is 1.98. The molecule has 2 N–H and O–H groups in total. The molecule has 1 unspecified atom stereocenters. The minimum Gasteiger partial charge on any atom is -0.374 e. The quantitative estimate of drug-likeness (QED) is 0.855. The van der Waals surface area contributed by atoms with E-state index in [-0.39, 0.29) is 11.9 Å². The number of carbonyl (C=O) groups is 1. The molecule has 1 amide bonds.